The fourth-order valence-corrected chi connectivity index (χ4v) is 7.01. The third-order valence-corrected chi connectivity index (χ3v) is 9.71. The second-order valence-corrected chi connectivity index (χ2v) is 15.0. The van der Waals surface area contributed by atoms with Crippen LogP contribution in [0, 0.1) is 11.2 Å². The number of amides is 3. The van der Waals surface area contributed by atoms with Crippen LogP contribution >= 0.6 is 0 Å². The van der Waals surface area contributed by atoms with Crippen LogP contribution in [-0.4, -0.2) is 98.2 Å². The van der Waals surface area contributed by atoms with E-state index in [1.165, 1.54) is 13.0 Å². The maximum Gasteiger partial charge on any atom is 0.325 e. The van der Waals surface area contributed by atoms with Crippen molar-refractivity contribution in [3.8, 4) is 11.1 Å². The number of likely N-dealkylation sites (tertiary alicyclic amines) is 1. The lowest BCUT2D eigenvalue weighted by molar-refractivity contribution is -0.154. The van der Waals surface area contributed by atoms with E-state index in [-0.39, 0.29) is 60.7 Å². The van der Waals surface area contributed by atoms with Crippen molar-refractivity contribution in [1.29, 1.82) is 0 Å². The number of carbonyl (C=O) groups excluding carboxylic acids is 5. The first-order chi connectivity index (χ1) is 24.5. The van der Waals surface area contributed by atoms with Crippen LogP contribution in [-0.2, 0) is 42.3 Å². The highest BCUT2D eigenvalue weighted by molar-refractivity contribution is 6.00. The lowest BCUT2D eigenvalue weighted by atomic mass is 9.56. The summed E-state index contributed by atoms with van der Waals surface area (Å²) in [5.41, 5.74) is 3.30. The van der Waals surface area contributed by atoms with Gasteiger partial charge in [0.05, 0.1) is 22.9 Å². The van der Waals surface area contributed by atoms with Gasteiger partial charge in [-0.15, -0.1) is 0 Å². The normalized spacial score (nSPS) is 15.0. The zero-order valence-electron chi connectivity index (χ0n) is 31.0. The number of carbonyl (C=O) groups is 5. The first-order valence-corrected chi connectivity index (χ1v) is 17.6. The molecular weight excluding hydrogens is 669 g/mol. The Bertz CT molecular complexity index is 2000. The van der Waals surface area contributed by atoms with E-state index in [1.54, 1.807) is 48.3 Å². The first kappa shape index (κ1) is 38.1. The van der Waals surface area contributed by atoms with Crippen molar-refractivity contribution < 1.29 is 33.1 Å². The highest BCUT2D eigenvalue weighted by Gasteiger charge is 2.54. The molecule has 1 saturated heterocycles. The van der Waals surface area contributed by atoms with Gasteiger partial charge in [-0.1, -0.05) is 12.1 Å². The number of hydrogen-bond acceptors (Lipinski definition) is 8. The van der Waals surface area contributed by atoms with Crippen LogP contribution in [0.5, 0.6) is 0 Å². The fourth-order valence-electron chi connectivity index (χ4n) is 7.01. The summed E-state index contributed by atoms with van der Waals surface area (Å²) in [5, 5.41) is 13.1. The Kier molecular flexibility index (Phi) is 11.2. The van der Waals surface area contributed by atoms with Crippen molar-refractivity contribution in [3.05, 3.63) is 48.0 Å². The molecule has 2 aromatic carbocycles. The minimum absolute atomic E-state index is 0.0261. The number of nitrogens with one attached hydrogen (secondary N) is 1. The van der Waals surface area contributed by atoms with E-state index in [2.05, 4.69) is 10.4 Å². The van der Waals surface area contributed by atoms with Crippen LogP contribution < -0.4 is 5.32 Å². The Morgan fingerprint density at radius 2 is 1.81 bits per heavy atom. The molecule has 0 bridgehead atoms. The molecule has 6 rings (SSSR count). The number of likely N-dealkylation sites (N-methyl/N-ethyl adjacent to an activating group) is 1. The molecule has 1 aliphatic heterocycles. The summed E-state index contributed by atoms with van der Waals surface area (Å²) >= 11 is 0. The standard InChI is InChI=1S/C31H35FN6O3.C7H13NO3/c1-5-35(3)28(41)16-38-25-8-6-7-22(23-12-26-20(11-24(23)32)15-33-36(26)4)29(25)30(34-38)21-13-31(14-21)17-37(18-31)27(40)10-9-19(2)39;1-7(2,3)11-6(10)4-8-5-9/h6-8,11-12,15,21H,5,9-10,13-14,16-18H2,1-4H3;5H,4H2,1-3H3,(H,8,9). The average molecular weight is 718 g/mol. The summed E-state index contributed by atoms with van der Waals surface area (Å²) < 4.78 is 23.9. The number of aromatic nitrogens is 4. The molecule has 1 spiro atoms. The minimum Gasteiger partial charge on any atom is -0.459 e. The van der Waals surface area contributed by atoms with Gasteiger partial charge < -0.3 is 24.6 Å². The number of benzene rings is 2. The van der Waals surface area contributed by atoms with Crippen molar-refractivity contribution >= 4 is 51.8 Å². The SMILES string of the molecule is CC(C)(C)OC(=O)CNC=O.CCN(C)C(=O)Cn1nc(C2CC3(C2)CN(C(=O)CCC(C)=O)C3)c2c(-c3cc4c(cnn4C)cc3F)cccc21. The second kappa shape index (κ2) is 15.2. The molecule has 2 aliphatic rings. The summed E-state index contributed by atoms with van der Waals surface area (Å²) in [7, 11) is 3.61. The van der Waals surface area contributed by atoms with Crippen LogP contribution in [0.25, 0.3) is 32.9 Å². The molecular formula is C38H48FN7O6. The van der Waals surface area contributed by atoms with E-state index in [1.807, 2.05) is 43.1 Å². The van der Waals surface area contributed by atoms with Gasteiger partial charge in [0, 0.05) is 74.2 Å². The molecule has 14 heteroatoms. The van der Waals surface area contributed by atoms with Crippen LogP contribution in [0.2, 0.25) is 0 Å². The maximum atomic E-state index is 15.6. The van der Waals surface area contributed by atoms with Crippen molar-refractivity contribution in [1.82, 2.24) is 34.7 Å². The summed E-state index contributed by atoms with van der Waals surface area (Å²) in [5.74, 6) is -0.604. The van der Waals surface area contributed by atoms with Crippen molar-refractivity contribution in [3.63, 3.8) is 0 Å². The van der Waals surface area contributed by atoms with Gasteiger partial charge in [-0.2, -0.15) is 10.2 Å². The van der Waals surface area contributed by atoms with Gasteiger partial charge in [0.15, 0.2) is 0 Å². The highest BCUT2D eigenvalue weighted by atomic mass is 19.1. The van der Waals surface area contributed by atoms with Crippen LogP contribution in [0.15, 0.2) is 36.5 Å². The van der Waals surface area contributed by atoms with E-state index < -0.39 is 11.6 Å². The Labute approximate surface area is 302 Å². The number of esters is 1. The largest absolute Gasteiger partial charge is 0.459 e. The number of halogens is 1. The molecule has 3 amide bonds. The molecule has 0 atom stereocenters. The van der Waals surface area contributed by atoms with Crippen molar-refractivity contribution in [2.24, 2.45) is 12.5 Å². The Hall–Kier alpha value is -5.14. The van der Waals surface area contributed by atoms with E-state index in [9.17, 15) is 24.0 Å². The molecule has 4 aromatic rings. The number of fused-ring (bicyclic) bond motifs is 2. The summed E-state index contributed by atoms with van der Waals surface area (Å²) in [4.78, 5) is 60.7. The van der Waals surface area contributed by atoms with E-state index in [0.717, 1.165) is 45.9 Å². The molecule has 0 unspecified atom stereocenters. The summed E-state index contributed by atoms with van der Waals surface area (Å²) in [6, 6.07) is 9.11. The van der Waals surface area contributed by atoms with Gasteiger partial charge in [-0.25, -0.2) is 4.39 Å². The molecule has 2 fully saturated rings. The van der Waals surface area contributed by atoms with Crippen LogP contribution in [0.1, 0.15) is 71.9 Å². The number of ether oxygens (including phenoxy) is 1. The first-order valence-electron chi connectivity index (χ1n) is 17.6. The second-order valence-electron chi connectivity index (χ2n) is 15.0. The topological polar surface area (TPSA) is 149 Å². The molecule has 13 nitrogen and oxygen atoms in total. The molecule has 278 valence electrons. The van der Waals surface area contributed by atoms with Gasteiger partial charge in [-0.3, -0.25) is 28.5 Å². The van der Waals surface area contributed by atoms with Crippen LogP contribution in [0.4, 0.5) is 4.39 Å². The predicted octanol–water partition coefficient (Wildman–Crippen LogP) is 4.36. The maximum absolute atomic E-state index is 15.6. The monoisotopic (exact) mass is 717 g/mol. The molecule has 52 heavy (non-hydrogen) atoms. The van der Waals surface area contributed by atoms with E-state index in [4.69, 9.17) is 9.84 Å². The van der Waals surface area contributed by atoms with Gasteiger partial charge in [0.2, 0.25) is 18.2 Å². The molecule has 1 aliphatic carbocycles. The van der Waals surface area contributed by atoms with Crippen molar-refractivity contribution in [2.45, 2.75) is 78.4 Å². The third-order valence-electron chi connectivity index (χ3n) is 9.71. The predicted molar refractivity (Wildman–Crippen MR) is 194 cm³/mol. The summed E-state index contributed by atoms with van der Waals surface area (Å²) in [6.07, 6.45) is 4.41. The number of rotatable bonds is 11. The van der Waals surface area contributed by atoms with Crippen LogP contribution in [0.3, 0.4) is 0 Å². The van der Waals surface area contributed by atoms with Gasteiger partial charge in [-0.05, 0) is 71.2 Å². The lowest BCUT2D eigenvalue weighted by Gasteiger charge is -2.59. The number of hydrogen-bond donors (Lipinski definition) is 1. The van der Waals surface area contributed by atoms with E-state index in [0.29, 0.717) is 31.6 Å². The molecule has 1 saturated carbocycles. The number of Topliss-reactive ketones (excluding diaryl/α,β-unsaturated/α-hetero) is 1. The lowest BCUT2D eigenvalue weighted by Crippen LogP contribution is -2.63. The Morgan fingerprint density at radius 1 is 1.10 bits per heavy atom. The zero-order valence-corrected chi connectivity index (χ0v) is 31.0. The summed E-state index contributed by atoms with van der Waals surface area (Å²) in [6.45, 7) is 10.8. The van der Waals surface area contributed by atoms with Gasteiger partial charge >= 0.3 is 5.97 Å². The highest BCUT2D eigenvalue weighted by Crippen LogP contribution is 2.57. The molecule has 0 radical (unpaired) electrons. The zero-order chi connectivity index (χ0) is 38.0. The number of nitrogens with zero attached hydrogens (tertiary/aromatic N) is 6. The van der Waals surface area contributed by atoms with Crippen molar-refractivity contribution in [2.75, 3.05) is 33.2 Å². The average Bonchev–Trinajstić information content (AvgIpc) is 3.59. The number of aryl methyl sites for hydroxylation is 1. The van der Waals surface area contributed by atoms with E-state index >= 15 is 4.39 Å². The third kappa shape index (κ3) is 8.32. The molecule has 1 N–H and O–H groups in total. The van der Waals surface area contributed by atoms with Gasteiger partial charge in [0.1, 0.15) is 30.3 Å². The Morgan fingerprint density at radius 3 is 2.44 bits per heavy atom. The Balaban J connectivity index is 0.000000413. The number of ketones is 1. The quantitative estimate of drug-likeness (QED) is 0.178. The minimum atomic E-state index is -0.484. The molecule has 2 aromatic heterocycles. The van der Waals surface area contributed by atoms with Gasteiger partial charge in [0.25, 0.3) is 0 Å². The smallest absolute Gasteiger partial charge is 0.325 e. The fraction of sp³-hybridized carbons (Fsp3) is 0.500. The molecule has 3 heterocycles.